The number of alkyl halides is 2. The van der Waals surface area contributed by atoms with Crippen LogP contribution in [0.25, 0.3) is 0 Å². The van der Waals surface area contributed by atoms with Gasteiger partial charge in [-0.2, -0.15) is 8.78 Å². The Bertz CT molecular complexity index is 448. The van der Waals surface area contributed by atoms with E-state index in [2.05, 4.69) is 10.1 Å². The van der Waals surface area contributed by atoms with E-state index in [0.717, 1.165) is 12.1 Å². The van der Waals surface area contributed by atoms with Crippen LogP contribution < -0.4 is 10.1 Å². The van der Waals surface area contributed by atoms with Crippen molar-refractivity contribution in [1.82, 2.24) is 0 Å². The fraction of sp³-hybridized carbons (Fsp3) is 0.200. The summed E-state index contributed by atoms with van der Waals surface area (Å²) in [5, 5.41) is 10.5. The van der Waals surface area contributed by atoms with Gasteiger partial charge in [0.2, 0.25) is 5.91 Å². The number of carbonyl (C=O) groups is 2. The first-order chi connectivity index (χ1) is 7.81. The van der Waals surface area contributed by atoms with Crippen LogP contribution in [0.15, 0.2) is 24.3 Å². The van der Waals surface area contributed by atoms with Gasteiger partial charge in [-0.25, -0.2) is 4.79 Å². The highest BCUT2D eigenvalue weighted by molar-refractivity contribution is 5.88. The van der Waals surface area contributed by atoms with Gasteiger partial charge in [0.15, 0.2) is 0 Å². The van der Waals surface area contributed by atoms with Crippen molar-refractivity contribution < 1.29 is 28.2 Å². The van der Waals surface area contributed by atoms with Gasteiger partial charge >= 0.3 is 12.1 Å². The molecule has 0 aliphatic heterocycles. The summed E-state index contributed by atoms with van der Waals surface area (Å²) in [5.41, 5.74) is 0.233. The summed E-state index contributed by atoms with van der Waals surface area (Å²) in [6.45, 7) is 1.25. The van der Waals surface area contributed by atoms with Gasteiger partial charge in [-0.05, 0) is 12.1 Å². The van der Waals surface area contributed by atoms with Crippen molar-refractivity contribution in [1.29, 1.82) is 0 Å². The summed E-state index contributed by atoms with van der Waals surface area (Å²) in [7, 11) is 0. The van der Waals surface area contributed by atoms with Crippen LogP contribution in [-0.2, 0) is 9.59 Å². The number of benzene rings is 1. The lowest BCUT2D eigenvalue weighted by Gasteiger charge is -2.13. The van der Waals surface area contributed by atoms with Crippen LogP contribution in [0.4, 0.5) is 14.5 Å². The third-order valence-corrected chi connectivity index (χ3v) is 1.65. The lowest BCUT2D eigenvalue weighted by Crippen LogP contribution is -2.34. The van der Waals surface area contributed by atoms with Gasteiger partial charge < -0.3 is 15.2 Å². The molecule has 5 nitrogen and oxygen atoms in total. The van der Waals surface area contributed by atoms with E-state index in [1.54, 1.807) is 0 Å². The molecule has 0 unspecified atom stereocenters. The predicted molar refractivity (Wildman–Crippen MR) is 54.0 cm³/mol. The molecule has 1 aromatic rings. The Labute approximate surface area is 95.0 Å². The zero-order valence-electron chi connectivity index (χ0n) is 8.74. The Morgan fingerprint density at radius 2 is 2.06 bits per heavy atom. The van der Waals surface area contributed by atoms with Gasteiger partial charge in [0.25, 0.3) is 0 Å². The Hall–Kier alpha value is -2.18. The summed E-state index contributed by atoms with van der Waals surface area (Å²) < 4.78 is 29.4. The average molecular weight is 245 g/mol. The molecule has 92 valence electrons. The smallest absolute Gasteiger partial charge is 0.474 e. The molecule has 0 aliphatic carbocycles. The first-order valence-corrected chi connectivity index (χ1v) is 4.49. The molecule has 0 atom stereocenters. The Balaban J connectivity index is 2.85. The number of amides is 1. The summed E-state index contributed by atoms with van der Waals surface area (Å²) in [6.07, 6.45) is -4.31. The lowest BCUT2D eigenvalue weighted by atomic mass is 10.3. The molecular formula is C10H9F2NO4. The standard InChI is InChI=1S/C10H9F2NO4/c1-6(14)13-7-3-2-4-8(5-7)17-10(11,12)9(15)16/h2-5H,1H3,(H,13,14)(H,15,16). The van der Waals surface area contributed by atoms with E-state index in [-0.39, 0.29) is 17.3 Å². The van der Waals surface area contributed by atoms with E-state index in [1.165, 1.54) is 19.1 Å². The third-order valence-electron chi connectivity index (χ3n) is 1.65. The van der Waals surface area contributed by atoms with Crippen molar-refractivity contribution in [2.24, 2.45) is 0 Å². The van der Waals surface area contributed by atoms with Crippen LogP contribution in [0.5, 0.6) is 5.75 Å². The van der Waals surface area contributed by atoms with Gasteiger partial charge in [-0.3, -0.25) is 4.79 Å². The van der Waals surface area contributed by atoms with Crippen LogP contribution >= 0.6 is 0 Å². The second-order valence-electron chi connectivity index (χ2n) is 3.13. The van der Waals surface area contributed by atoms with E-state index in [0.29, 0.717) is 0 Å². The Morgan fingerprint density at radius 3 is 2.59 bits per heavy atom. The van der Waals surface area contributed by atoms with Gasteiger partial charge in [0, 0.05) is 18.7 Å². The van der Waals surface area contributed by atoms with Gasteiger partial charge in [0.1, 0.15) is 5.75 Å². The van der Waals surface area contributed by atoms with Crippen molar-refractivity contribution in [3.05, 3.63) is 24.3 Å². The summed E-state index contributed by atoms with van der Waals surface area (Å²) in [5.74, 6) is -3.13. The predicted octanol–water partition coefficient (Wildman–Crippen LogP) is 1.70. The maximum absolute atomic E-state index is 12.7. The molecule has 0 radical (unpaired) electrons. The second kappa shape index (κ2) is 4.77. The molecule has 17 heavy (non-hydrogen) atoms. The normalized spacial score (nSPS) is 10.8. The molecule has 0 saturated carbocycles. The third kappa shape index (κ3) is 3.71. The molecular weight excluding hydrogens is 236 g/mol. The van der Waals surface area contributed by atoms with Gasteiger partial charge in [-0.15, -0.1) is 0 Å². The van der Waals surface area contributed by atoms with Crippen LogP contribution in [0.1, 0.15) is 6.92 Å². The number of halogens is 2. The quantitative estimate of drug-likeness (QED) is 0.846. The molecule has 7 heteroatoms. The fourth-order valence-corrected chi connectivity index (χ4v) is 1.03. The molecule has 1 rings (SSSR count). The SMILES string of the molecule is CC(=O)Nc1cccc(OC(F)(F)C(=O)O)c1. The highest BCUT2D eigenvalue weighted by Crippen LogP contribution is 2.24. The van der Waals surface area contributed by atoms with Crippen LogP contribution in [0.3, 0.4) is 0 Å². The minimum Gasteiger partial charge on any atom is -0.474 e. The molecule has 0 spiro atoms. The molecule has 0 aromatic heterocycles. The maximum atomic E-state index is 12.7. The van der Waals surface area contributed by atoms with Crippen molar-refractivity contribution in [3.8, 4) is 5.75 Å². The number of carboxylic acids is 1. The molecule has 0 bridgehead atoms. The van der Waals surface area contributed by atoms with Crippen LogP contribution in [0, 0.1) is 0 Å². The minimum atomic E-state index is -4.31. The number of aliphatic carboxylic acids is 1. The molecule has 0 aliphatic rings. The van der Waals surface area contributed by atoms with E-state index in [4.69, 9.17) is 5.11 Å². The first-order valence-electron chi connectivity index (χ1n) is 4.49. The summed E-state index contributed by atoms with van der Waals surface area (Å²) in [4.78, 5) is 20.9. The molecule has 1 aromatic carbocycles. The monoisotopic (exact) mass is 245 g/mol. The van der Waals surface area contributed by atoms with Crippen LogP contribution in [-0.4, -0.2) is 23.1 Å². The number of anilines is 1. The van der Waals surface area contributed by atoms with E-state index in [1.807, 2.05) is 0 Å². The van der Waals surface area contributed by atoms with E-state index >= 15 is 0 Å². The van der Waals surface area contributed by atoms with Crippen molar-refractivity contribution in [2.45, 2.75) is 13.0 Å². The van der Waals surface area contributed by atoms with Crippen LogP contribution in [0.2, 0.25) is 0 Å². The topological polar surface area (TPSA) is 75.6 Å². The van der Waals surface area contributed by atoms with Crippen molar-refractivity contribution in [3.63, 3.8) is 0 Å². The number of nitrogens with one attached hydrogen (secondary N) is 1. The number of rotatable bonds is 4. The largest absolute Gasteiger partial charge is 0.501 e. The highest BCUT2D eigenvalue weighted by Gasteiger charge is 2.42. The molecule has 2 N–H and O–H groups in total. The van der Waals surface area contributed by atoms with Gasteiger partial charge in [-0.1, -0.05) is 6.07 Å². The summed E-state index contributed by atoms with van der Waals surface area (Å²) in [6, 6.07) is 5.05. The first kappa shape index (κ1) is 12.9. The lowest BCUT2D eigenvalue weighted by molar-refractivity contribution is -0.210. The van der Waals surface area contributed by atoms with Crippen molar-refractivity contribution >= 4 is 17.6 Å². The number of carbonyl (C=O) groups excluding carboxylic acids is 1. The molecule has 0 fully saturated rings. The minimum absolute atomic E-state index is 0.233. The van der Waals surface area contributed by atoms with Gasteiger partial charge in [0.05, 0.1) is 0 Å². The van der Waals surface area contributed by atoms with E-state index < -0.39 is 12.1 Å². The number of hydrogen-bond acceptors (Lipinski definition) is 3. The molecule has 0 heterocycles. The second-order valence-corrected chi connectivity index (χ2v) is 3.13. The fourth-order valence-electron chi connectivity index (χ4n) is 1.03. The maximum Gasteiger partial charge on any atom is 0.501 e. The zero-order valence-corrected chi connectivity index (χ0v) is 8.74. The van der Waals surface area contributed by atoms with Crippen molar-refractivity contribution in [2.75, 3.05) is 5.32 Å². The molecule has 0 saturated heterocycles. The Kier molecular flexibility index (Phi) is 3.62. The Morgan fingerprint density at radius 1 is 1.41 bits per heavy atom. The average Bonchev–Trinajstić information content (AvgIpc) is 2.15. The molecule has 1 amide bonds. The van der Waals surface area contributed by atoms with E-state index in [9.17, 15) is 18.4 Å². The zero-order chi connectivity index (χ0) is 13.1. The summed E-state index contributed by atoms with van der Waals surface area (Å²) >= 11 is 0. The number of hydrogen-bond donors (Lipinski definition) is 2. The number of carboxylic acid groups (broad SMARTS) is 1. The number of ether oxygens (including phenoxy) is 1. The highest BCUT2D eigenvalue weighted by atomic mass is 19.3.